The summed E-state index contributed by atoms with van der Waals surface area (Å²) in [5, 5.41) is 0. The van der Waals surface area contributed by atoms with E-state index in [1.165, 1.54) is 36.1 Å². The lowest BCUT2D eigenvalue weighted by molar-refractivity contribution is -0.116. The van der Waals surface area contributed by atoms with Crippen LogP contribution in [0.15, 0.2) is 41.3 Å². The van der Waals surface area contributed by atoms with Crippen molar-refractivity contribution in [3.05, 3.63) is 59.2 Å². The van der Waals surface area contributed by atoms with E-state index in [0.717, 1.165) is 30.2 Å². The molecule has 1 amide bonds. The molecule has 1 heterocycles. The molecule has 0 aromatic heterocycles. The number of Topliss-reactive ketones (excluding diaryl/α,β-unsaturated/α-hetero) is 1. The number of carbonyl (C=O) groups is 2. The molecule has 0 radical (unpaired) electrons. The zero-order valence-electron chi connectivity index (χ0n) is 13.7. The van der Waals surface area contributed by atoms with E-state index < -0.39 is 11.6 Å². The van der Waals surface area contributed by atoms with Crippen molar-refractivity contribution in [1.29, 1.82) is 0 Å². The first-order valence-corrected chi connectivity index (χ1v) is 8.97. The van der Waals surface area contributed by atoms with E-state index in [-0.39, 0.29) is 17.4 Å². The first-order valence-electron chi connectivity index (χ1n) is 7.98. The molecule has 1 aliphatic rings. The topological polar surface area (TPSA) is 37.4 Å². The molecule has 1 aliphatic heterocycles. The fourth-order valence-corrected chi connectivity index (χ4v) is 3.70. The van der Waals surface area contributed by atoms with E-state index in [1.54, 1.807) is 6.07 Å². The van der Waals surface area contributed by atoms with Crippen LogP contribution in [-0.4, -0.2) is 24.0 Å². The van der Waals surface area contributed by atoms with Crippen molar-refractivity contribution in [2.75, 3.05) is 17.2 Å². The monoisotopic (exact) mass is 361 g/mol. The number of ketones is 1. The van der Waals surface area contributed by atoms with Crippen LogP contribution in [0.3, 0.4) is 0 Å². The first-order chi connectivity index (χ1) is 12.0. The normalized spacial score (nSPS) is 13.5. The van der Waals surface area contributed by atoms with Crippen LogP contribution < -0.4 is 4.90 Å². The summed E-state index contributed by atoms with van der Waals surface area (Å²) in [6.07, 6.45) is 1.51. The number of rotatable bonds is 4. The summed E-state index contributed by atoms with van der Waals surface area (Å²) in [4.78, 5) is 25.5. The third kappa shape index (κ3) is 3.74. The second-order valence-electron chi connectivity index (χ2n) is 5.89. The third-order valence-corrected chi connectivity index (χ3v) is 5.19. The Morgan fingerprint density at radius 3 is 2.68 bits per heavy atom. The molecular formula is C19H17F2NO2S. The molecule has 130 valence electrons. The average molecular weight is 361 g/mol. The van der Waals surface area contributed by atoms with Crippen LogP contribution >= 0.6 is 11.8 Å². The predicted octanol–water partition coefficient (Wildman–Crippen LogP) is 4.24. The maximum absolute atomic E-state index is 14.1. The lowest BCUT2D eigenvalue weighted by Gasteiger charge is -2.29. The minimum Gasteiger partial charge on any atom is -0.309 e. The van der Waals surface area contributed by atoms with Gasteiger partial charge < -0.3 is 4.90 Å². The number of amides is 1. The van der Waals surface area contributed by atoms with Crippen LogP contribution in [0.5, 0.6) is 0 Å². The summed E-state index contributed by atoms with van der Waals surface area (Å²) in [7, 11) is 0. The highest BCUT2D eigenvalue weighted by Crippen LogP contribution is 2.31. The molecule has 3 rings (SSSR count). The van der Waals surface area contributed by atoms with Gasteiger partial charge in [-0.05, 0) is 43.5 Å². The number of halogens is 2. The van der Waals surface area contributed by atoms with Crippen molar-refractivity contribution in [2.45, 2.75) is 24.7 Å². The maximum Gasteiger partial charge on any atom is 0.237 e. The summed E-state index contributed by atoms with van der Waals surface area (Å²) in [5.74, 6) is -1.41. The number of carbonyl (C=O) groups excluding carboxylic acids is 2. The van der Waals surface area contributed by atoms with Gasteiger partial charge in [-0.2, -0.15) is 0 Å². The van der Waals surface area contributed by atoms with E-state index in [4.69, 9.17) is 0 Å². The molecule has 3 nitrogen and oxygen atoms in total. The van der Waals surface area contributed by atoms with E-state index >= 15 is 0 Å². The number of thioether (sulfide) groups is 1. The van der Waals surface area contributed by atoms with Crippen molar-refractivity contribution in [3.8, 4) is 0 Å². The van der Waals surface area contributed by atoms with Gasteiger partial charge in [0.1, 0.15) is 11.6 Å². The summed E-state index contributed by atoms with van der Waals surface area (Å²) >= 11 is 1.05. The molecule has 2 aromatic carbocycles. The van der Waals surface area contributed by atoms with Gasteiger partial charge in [0.2, 0.25) is 5.91 Å². The van der Waals surface area contributed by atoms with Gasteiger partial charge in [-0.25, -0.2) is 8.78 Å². The number of hydrogen-bond acceptors (Lipinski definition) is 3. The van der Waals surface area contributed by atoms with Crippen molar-refractivity contribution in [3.63, 3.8) is 0 Å². The fourth-order valence-electron chi connectivity index (χ4n) is 2.91. The van der Waals surface area contributed by atoms with Crippen LogP contribution in [0, 0.1) is 11.6 Å². The molecule has 0 N–H and O–H groups in total. The molecule has 0 saturated heterocycles. The third-order valence-electron chi connectivity index (χ3n) is 4.16. The Hall–Kier alpha value is -2.21. The van der Waals surface area contributed by atoms with Gasteiger partial charge in [0.25, 0.3) is 0 Å². The molecule has 6 heteroatoms. The summed E-state index contributed by atoms with van der Waals surface area (Å²) in [6.45, 7) is 1.83. The quantitative estimate of drug-likeness (QED) is 0.604. The first kappa shape index (κ1) is 17.6. The highest BCUT2D eigenvalue weighted by molar-refractivity contribution is 8.00. The molecule has 0 spiro atoms. The highest BCUT2D eigenvalue weighted by Gasteiger charge is 2.25. The van der Waals surface area contributed by atoms with E-state index in [9.17, 15) is 18.4 Å². The molecule has 0 saturated carbocycles. The Balaban J connectivity index is 1.73. The van der Waals surface area contributed by atoms with Crippen molar-refractivity contribution in [2.24, 2.45) is 0 Å². The number of aryl methyl sites for hydroxylation is 1. The molecule has 0 bridgehead atoms. The minimum atomic E-state index is -0.532. The van der Waals surface area contributed by atoms with Gasteiger partial charge >= 0.3 is 0 Å². The summed E-state index contributed by atoms with van der Waals surface area (Å²) in [6, 6.07) is 9.01. The smallest absolute Gasteiger partial charge is 0.237 e. The van der Waals surface area contributed by atoms with Crippen LogP contribution in [0.2, 0.25) is 0 Å². The van der Waals surface area contributed by atoms with E-state index in [1.807, 2.05) is 6.07 Å². The molecule has 0 atom stereocenters. The molecule has 0 aliphatic carbocycles. The summed E-state index contributed by atoms with van der Waals surface area (Å²) < 4.78 is 28.2. The standard InChI is InChI=1S/C19H17F2NO2S/c1-12(23)14-7-8-17(16(21)10-14)25-11-18(24)22-9-3-5-13-4-2-6-15(20)19(13)22/h2,4,6-8,10H,3,5,9,11H2,1H3. The number of fused-ring (bicyclic) bond motifs is 1. The van der Waals surface area contributed by atoms with Gasteiger partial charge in [0.15, 0.2) is 5.78 Å². The van der Waals surface area contributed by atoms with Crippen molar-refractivity contribution in [1.82, 2.24) is 0 Å². The van der Waals surface area contributed by atoms with Crippen LogP contribution in [0.1, 0.15) is 29.3 Å². The number of hydrogen-bond donors (Lipinski definition) is 0. The number of nitrogens with zero attached hydrogens (tertiary/aromatic N) is 1. The minimum absolute atomic E-state index is 0.00408. The second kappa shape index (κ2) is 7.35. The number of anilines is 1. The zero-order valence-corrected chi connectivity index (χ0v) is 14.5. The Morgan fingerprint density at radius 2 is 1.96 bits per heavy atom. The SMILES string of the molecule is CC(=O)c1ccc(SCC(=O)N2CCCc3cccc(F)c32)c(F)c1. The Labute approximate surface area is 149 Å². The second-order valence-corrected chi connectivity index (χ2v) is 6.90. The molecule has 0 fully saturated rings. The van der Waals surface area contributed by atoms with Gasteiger partial charge in [0.05, 0.1) is 11.4 Å². The molecular weight excluding hydrogens is 344 g/mol. The fraction of sp³-hybridized carbons (Fsp3) is 0.263. The molecule has 25 heavy (non-hydrogen) atoms. The zero-order chi connectivity index (χ0) is 18.0. The number of benzene rings is 2. The molecule has 2 aromatic rings. The van der Waals surface area contributed by atoms with Crippen LogP contribution in [0.25, 0.3) is 0 Å². The van der Waals surface area contributed by atoms with Crippen LogP contribution in [0.4, 0.5) is 14.5 Å². The van der Waals surface area contributed by atoms with Crippen molar-refractivity contribution >= 4 is 29.1 Å². The van der Waals surface area contributed by atoms with Gasteiger partial charge in [0, 0.05) is 17.0 Å². The molecule has 0 unspecified atom stereocenters. The predicted molar refractivity (Wildman–Crippen MR) is 94.2 cm³/mol. The van der Waals surface area contributed by atoms with Gasteiger partial charge in [-0.3, -0.25) is 9.59 Å². The van der Waals surface area contributed by atoms with E-state index in [0.29, 0.717) is 22.7 Å². The Kier molecular flexibility index (Phi) is 5.18. The van der Waals surface area contributed by atoms with Crippen molar-refractivity contribution < 1.29 is 18.4 Å². The maximum atomic E-state index is 14.1. The largest absolute Gasteiger partial charge is 0.309 e. The van der Waals surface area contributed by atoms with Crippen LogP contribution in [-0.2, 0) is 11.2 Å². The van der Waals surface area contributed by atoms with Gasteiger partial charge in [-0.1, -0.05) is 18.2 Å². The summed E-state index contributed by atoms with van der Waals surface area (Å²) in [5.41, 5.74) is 1.45. The average Bonchev–Trinajstić information content (AvgIpc) is 2.60. The van der Waals surface area contributed by atoms with E-state index in [2.05, 4.69) is 0 Å². The highest BCUT2D eigenvalue weighted by atomic mass is 32.2. The lowest BCUT2D eigenvalue weighted by atomic mass is 10.0. The van der Waals surface area contributed by atoms with Gasteiger partial charge in [-0.15, -0.1) is 11.8 Å². The lowest BCUT2D eigenvalue weighted by Crippen LogP contribution is -2.37. The Morgan fingerprint density at radius 1 is 1.16 bits per heavy atom. The Bertz CT molecular complexity index is 838. The number of para-hydroxylation sites is 1.